The van der Waals surface area contributed by atoms with E-state index in [1.165, 1.54) is 0 Å². The Hall–Kier alpha value is -1.86. The zero-order valence-corrected chi connectivity index (χ0v) is 14.5. The van der Waals surface area contributed by atoms with Crippen LogP contribution >= 0.6 is 0 Å². The van der Waals surface area contributed by atoms with Crippen molar-refractivity contribution in [2.45, 2.75) is 45.8 Å². The third-order valence-electron chi connectivity index (χ3n) is 4.86. The minimum absolute atomic E-state index is 0.0105. The summed E-state index contributed by atoms with van der Waals surface area (Å²) in [6.07, 6.45) is 0. The highest BCUT2D eigenvalue weighted by atomic mass is 19.1. The molecule has 2 aliphatic rings. The Bertz CT molecular complexity index is 713. The molecule has 128 valence electrons. The molecule has 5 nitrogen and oxygen atoms in total. The number of carbonyl (C=O) groups is 1. The van der Waals surface area contributed by atoms with Crippen LogP contribution in [0.1, 0.15) is 40.2 Å². The molecule has 0 radical (unpaired) electrons. The van der Waals surface area contributed by atoms with Crippen LogP contribution in [0.5, 0.6) is 5.75 Å². The largest absolute Gasteiger partial charge is 0.525 e. The average molecular weight is 333 g/mol. The lowest BCUT2D eigenvalue weighted by molar-refractivity contribution is -0.118. The molecule has 3 rings (SSSR count). The highest BCUT2D eigenvalue weighted by Crippen LogP contribution is 2.40. The van der Waals surface area contributed by atoms with Gasteiger partial charge in [-0.2, -0.15) is 0 Å². The quantitative estimate of drug-likeness (QED) is 0.844. The predicted octanol–water partition coefficient (Wildman–Crippen LogP) is 3.35. The summed E-state index contributed by atoms with van der Waals surface area (Å²) >= 11 is 0. The van der Waals surface area contributed by atoms with Gasteiger partial charge in [0.25, 0.3) is 5.91 Å². The Morgan fingerprint density at radius 1 is 1.21 bits per heavy atom. The van der Waals surface area contributed by atoms with Crippen molar-refractivity contribution in [3.63, 3.8) is 0 Å². The number of fused-ring (bicyclic) bond motifs is 1. The first kappa shape index (κ1) is 17.0. The number of allylic oxidation sites excluding steroid dienone is 1. The van der Waals surface area contributed by atoms with Crippen molar-refractivity contribution in [2.24, 2.45) is 0 Å². The van der Waals surface area contributed by atoms with E-state index in [-0.39, 0.29) is 12.5 Å². The second kappa shape index (κ2) is 5.60. The first-order valence-electron chi connectivity index (χ1n) is 7.90. The number of hydrogen-bond donors (Lipinski definition) is 1. The first-order valence-corrected chi connectivity index (χ1v) is 7.90. The molecule has 24 heavy (non-hydrogen) atoms. The molecule has 0 unspecified atom stereocenters. The summed E-state index contributed by atoms with van der Waals surface area (Å²) in [5, 5.41) is 2.72. The van der Waals surface area contributed by atoms with Gasteiger partial charge in [-0.3, -0.25) is 4.79 Å². The van der Waals surface area contributed by atoms with Gasteiger partial charge < -0.3 is 19.4 Å². The second-order valence-corrected chi connectivity index (χ2v) is 7.11. The lowest BCUT2D eigenvalue weighted by atomic mass is 9.83. The van der Waals surface area contributed by atoms with E-state index >= 15 is 0 Å². The lowest BCUT2D eigenvalue weighted by Crippen LogP contribution is -2.41. The number of ether oxygens (including phenoxy) is 1. The Morgan fingerprint density at radius 2 is 1.83 bits per heavy atom. The van der Waals surface area contributed by atoms with E-state index < -0.39 is 24.0 Å². The first-order chi connectivity index (χ1) is 11.1. The standard InChI is InChI=1S/C17H21BFNO4/c1-10(15(19)18-23-16(2,3)17(4,5)24-18)11-6-7-13-12(8-11)20-14(21)9-22-13/h6-8H,9H2,1-5H3,(H,20,21). The zero-order valence-electron chi connectivity index (χ0n) is 14.5. The predicted molar refractivity (Wildman–Crippen MR) is 90.4 cm³/mol. The summed E-state index contributed by atoms with van der Waals surface area (Å²) in [5.41, 5.74) is -0.121. The number of carbonyl (C=O) groups excluding carboxylic acids is 1. The smallest absolute Gasteiger partial charge is 0.482 e. The number of benzene rings is 1. The van der Waals surface area contributed by atoms with Gasteiger partial charge in [-0.1, -0.05) is 6.07 Å². The van der Waals surface area contributed by atoms with Crippen LogP contribution in [-0.4, -0.2) is 30.8 Å². The Morgan fingerprint density at radius 3 is 2.46 bits per heavy atom. The topological polar surface area (TPSA) is 56.8 Å². The molecule has 1 saturated heterocycles. The van der Waals surface area contributed by atoms with Crippen molar-refractivity contribution in [2.75, 3.05) is 11.9 Å². The molecule has 1 N–H and O–H groups in total. The van der Waals surface area contributed by atoms with Crippen LogP contribution in [0.3, 0.4) is 0 Å². The van der Waals surface area contributed by atoms with Crippen LogP contribution in [-0.2, 0) is 14.1 Å². The molecule has 1 aromatic carbocycles. The molecule has 1 aromatic rings. The molecule has 2 aliphatic heterocycles. The van der Waals surface area contributed by atoms with Crippen LogP contribution < -0.4 is 10.1 Å². The Labute approximate surface area is 141 Å². The summed E-state index contributed by atoms with van der Waals surface area (Å²) < 4.78 is 31.7. The molecule has 2 heterocycles. The van der Waals surface area contributed by atoms with Crippen molar-refractivity contribution >= 4 is 24.3 Å². The van der Waals surface area contributed by atoms with Crippen LogP contribution in [0, 0.1) is 0 Å². The highest BCUT2D eigenvalue weighted by molar-refractivity contribution is 6.55. The fourth-order valence-electron chi connectivity index (χ4n) is 2.58. The molecule has 1 amide bonds. The van der Waals surface area contributed by atoms with Gasteiger partial charge in [0.05, 0.1) is 16.9 Å². The van der Waals surface area contributed by atoms with E-state index in [9.17, 15) is 9.18 Å². The maximum absolute atomic E-state index is 14.9. The molecule has 0 aliphatic carbocycles. The number of halogens is 1. The fraction of sp³-hybridized carbons (Fsp3) is 0.471. The SMILES string of the molecule is CC(=C(F)B1OC(C)(C)C(C)(C)O1)c1ccc2c(c1)NC(=O)CO2. The number of amides is 1. The Balaban J connectivity index is 1.91. The molecule has 0 saturated carbocycles. The van der Waals surface area contributed by atoms with E-state index in [4.69, 9.17) is 14.0 Å². The maximum atomic E-state index is 14.9. The van der Waals surface area contributed by atoms with Gasteiger partial charge in [-0.15, -0.1) is 0 Å². The van der Waals surface area contributed by atoms with E-state index in [0.717, 1.165) is 0 Å². The number of nitrogens with one attached hydrogen (secondary N) is 1. The van der Waals surface area contributed by atoms with Crippen molar-refractivity contribution in [1.82, 2.24) is 0 Å². The maximum Gasteiger partial charge on any atom is 0.525 e. The van der Waals surface area contributed by atoms with Gasteiger partial charge in [0.2, 0.25) is 0 Å². The number of anilines is 1. The van der Waals surface area contributed by atoms with E-state index in [1.54, 1.807) is 25.1 Å². The average Bonchev–Trinajstić information content (AvgIpc) is 2.73. The summed E-state index contributed by atoms with van der Waals surface area (Å²) in [6.45, 7) is 9.16. The van der Waals surface area contributed by atoms with Crippen LogP contribution in [0.2, 0.25) is 0 Å². The summed E-state index contributed by atoms with van der Waals surface area (Å²) in [7, 11) is -1.04. The second-order valence-electron chi connectivity index (χ2n) is 7.11. The van der Waals surface area contributed by atoms with Crippen molar-refractivity contribution in [1.29, 1.82) is 0 Å². The van der Waals surface area contributed by atoms with Crippen LogP contribution in [0.15, 0.2) is 23.9 Å². The Kier molecular flexibility index (Phi) is 3.96. The molecule has 0 atom stereocenters. The lowest BCUT2D eigenvalue weighted by Gasteiger charge is -2.32. The van der Waals surface area contributed by atoms with Crippen LogP contribution in [0.25, 0.3) is 5.57 Å². The van der Waals surface area contributed by atoms with Gasteiger partial charge >= 0.3 is 7.12 Å². The molecule has 1 fully saturated rings. The summed E-state index contributed by atoms with van der Waals surface area (Å²) in [5.74, 6) is 0.343. The molecular weight excluding hydrogens is 312 g/mol. The van der Waals surface area contributed by atoms with Crippen molar-refractivity contribution < 1.29 is 23.2 Å². The normalized spacial score (nSPS) is 22.4. The van der Waals surface area contributed by atoms with Gasteiger partial charge in [-0.05, 0) is 57.9 Å². The molecule has 0 bridgehead atoms. The minimum atomic E-state index is -1.04. The number of hydrogen-bond acceptors (Lipinski definition) is 4. The third kappa shape index (κ3) is 2.82. The monoisotopic (exact) mass is 333 g/mol. The zero-order chi connectivity index (χ0) is 17.7. The van der Waals surface area contributed by atoms with Gasteiger partial charge in [-0.25, -0.2) is 4.39 Å². The summed E-state index contributed by atoms with van der Waals surface area (Å²) in [4.78, 5) is 11.4. The van der Waals surface area contributed by atoms with E-state index in [0.29, 0.717) is 22.6 Å². The highest BCUT2D eigenvalue weighted by Gasteiger charge is 2.53. The van der Waals surface area contributed by atoms with Crippen LogP contribution in [0.4, 0.5) is 10.1 Å². The van der Waals surface area contributed by atoms with Crippen molar-refractivity contribution in [3.05, 3.63) is 29.5 Å². The summed E-state index contributed by atoms with van der Waals surface area (Å²) in [6, 6.07) is 5.15. The fourth-order valence-corrected chi connectivity index (χ4v) is 2.58. The van der Waals surface area contributed by atoms with Crippen molar-refractivity contribution in [3.8, 4) is 5.75 Å². The molecule has 7 heteroatoms. The van der Waals surface area contributed by atoms with E-state index in [1.807, 2.05) is 27.7 Å². The third-order valence-corrected chi connectivity index (χ3v) is 4.86. The van der Waals surface area contributed by atoms with E-state index in [2.05, 4.69) is 5.32 Å². The van der Waals surface area contributed by atoms with Gasteiger partial charge in [0, 0.05) is 0 Å². The molecule has 0 spiro atoms. The van der Waals surface area contributed by atoms with Gasteiger partial charge in [0.15, 0.2) is 6.61 Å². The minimum Gasteiger partial charge on any atom is -0.482 e. The van der Waals surface area contributed by atoms with Gasteiger partial charge in [0.1, 0.15) is 11.5 Å². The number of rotatable bonds is 2. The molecule has 0 aromatic heterocycles. The molecular formula is C17H21BFNO4.